The molecule has 1 aromatic rings. The van der Waals surface area contributed by atoms with Gasteiger partial charge in [0.15, 0.2) is 0 Å². The van der Waals surface area contributed by atoms with Crippen LogP contribution in [0.5, 0.6) is 0 Å². The van der Waals surface area contributed by atoms with Crippen molar-refractivity contribution in [2.75, 3.05) is 13.6 Å². The van der Waals surface area contributed by atoms with Gasteiger partial charge in [-0.2, -0.15) is 0 Å². The van der Waals surface area contributed by atoms with Crippen LogP contribution in [0.3, 0.4) is 0 Å². The fraction of sp³-hybridized carbons (Fsp3) is 0.636. The van der Waals surface area contributed by atoms with Gasteiger partial charge in [0.25, 0.3) is 0 Å². The predicted molar refractivity (Wildman–Crippen MR) is 59.2 cm³/mol. The van der Waals surface area contributed by atoms with Crippen LogP contribution in [0.4, 0.5) is 0 Å². The molecule has 0 bridgehead atoms. The summed E-state index contributed by atoms with van der Waals surface area (Å²) in [7, 11) is 2.14. The first-order valence-corrected chi connectivity index (χ1v) is 5.51. The van der Waals surface area contributed by atoms with Crippen molar-refractivity contribution < 1.29 is 0 Å². The van der Waals surface area contributed by atoms with Gasteiger partial charge < -0.3 is 5.73 Å². The van der Waals surface area contributed by atoms with Crippen LogP contribution in [0.1, 0.15) is 31.0 Å². The number of nitrogens with two attached hydrogens (primary N) is 1. The van der Waals surface area contributed by atoms with Crippen LogP contribution in [0.2, 0.25) is 0 Å². The van der Waals surface area contributed by atoms with E-state index in [1.807, 2.05) is 6.07 Å². The van der Waals surface area contributed by atoms with Crippen LogP contribution >= 0.6 is 0 Å². The first-order chi connectivity index (χ1) is 7.33. The monoisotopic (exact) mass is 206 g/mol. The van der Waals surface area contributed by atoms with Crippen molar-refractivity contribution in [1.82, 2.24) is 14.9 Å². The molecular formula is C11H18N4. The zero-order chi connectivity index (χ0) is 10.7. The van der Waals surface area contributed by atoms with Crippen molar-refractivity contribution in [3.8, 4) is 0 Å². The van der Waals surface area contributed by atoms with E-state index in [0.29, 0.717) is 12.6 Å². The highest BCUT2D eigenvalue weighted by atomic mass is 15.2. The summed E-state index contributed by atoms with van der Waals surface area (Å²) in [5, 5.41) is 0. The molecular weight excluding hydrogens is 188 g/mol. The van der Waals surface area contributed by atoms with Crippen molar-refractivity contribution >= 4 is 0 Å². The van der Waals surface area contributed by atoms with Crippen LogP contribution in [-0.2, 0) is 0 Å². The highest BCUT2D eigenvalue weighted by Gasteiger charge is 2.28. The van der Waals surface area contributed by atoms with Crippen LogP contribution in [0.15, 0.2) is 18.6 Å². The first-order valence-electron chi connectivity index (χ1n) is 5.51. The SMILES string of the molecule is CN(C1CCC1)C(CN)c1ccncn1. The van der Waals surface area contributed by atoms with Gasteiger partial charge in [0, 0.05) is 18.8 Å². The molecule has 0 amide bonds. The van der Waals surface area contributed by atoms with E-state index in [2.05, 4.69) is 21.9 Å². The molecule has 82 valence electrons. The van der Waals surface area contributed by atoms with Gasteiger partial charge in [0.05, 0.1) is 11.7 Å². The molecule has 1 fully saturated rings. The zero-order valence-corrected chi connectivity index (χ0v) is 9.13. The molecule has 4 heteroatoms. The van der Waals surface area contributed by atoms with Crippen molar-refractivity contribution in [3.05, 3.63) is 24.3 Å². The summed E-state index contributed by atoms with van der Waals surface area (Å²) in [5.41, 5.74) is 6.85. The lowest BCUT2D eigenvalue weighted by Crippen LogP contribution is -2.42. The van der Waals surface area contributed by atoms with Crippen LogP contribution in [0, 0.1) is 0 Å². The Morgan fingerprint density at radius 2 is 2.40 bits per heavy atom. The van der Waals surface area contributed by atoms with Gasteiger partial charge in [-0.05, 0) is 26.0 Å². The minimum atomic E-state index is 0.235. The van der Waals surface area contributed by atoms with Gasteiger partial charge in [-0.1, -0.05) is 6.42 Å². The zero-order valence-electron chi connectivity index (χ0n) is 9.13. The molecule has 1 aliphatic rings. The Balaban J connectivity index is 2.09. The number of hydrogen-bond acceptors (Lipinski definition) is 4. The number of likely N-dealkylation sites (N-methyl/N-ethyl adjacent to an activating group) is 1. The van der Waals surface area contributed by atoms with Gasteiger partial charge in [0.2, 0.25) is 0 Å². The Morgan fingerprint density at radius 3 is 2.87 bits per heavy atom. The highest BCUT2D eigenvalue weighted by Crippen LogP contribution is 2.29. The number of aromatic nitrogens is 2. The Labute approximate surface area is 90.5 Å². The smallest absolute Gasteiger partial charge is 0.115 e. The lowest BCUT2D eigenvalue weighted by molar-refractivity contribution is 0.111. The normalized spacial score (nSPS) is 18.9. The average molecular weight is 206 g/mol. The minimum Gasteiger partial charge on any atom is -0.329 e. The molecule has 1 aromatic heterocycles. The second-order valence-corrected chi connectivity index (χ2v) is 4.14. The summed E-state index contributed by atoms with van der Waals surface area (Å²) in [5.74, 6) is 0. The van der Waals surface area contributed by atoms with E-state index >= 15 is 0 Å². The molecule has 1 atom stereocenters. The maximum absolute atomic E-state index is 5.82. The summed E-state index contributed by atoms with van der Waals surface area (Å²) in [6.45, 7) is 0.615. The van der Waals surface area contributed by atoms with Crippen molar-refractivity contribution in [3.63, 3.8) is 0 Å². The molecule has 1 saturated carbocycles. The standard InChI is InChI=1S/C11H18N4/c1-15(9-3-2-4-9)11(7-12)10-5-6-13-8-14-10/h5-6,8-9,11H,2-4,7,12H2,1H3. The summed E-state index contributed by atoms with van der Waals surface area (Å²) in [6, 6.07) is 2.87. The average Bonchev–Trinajstić information content (AvgIpc) is 2.18. The Morgan fingerprint density at radius 1 is 1.60 bits per heavy atom. The van der Waals surface area contributed by atoms with E-state index in [4.69, 9.17) is 5.73 Å². The second-order valence-electron chi connectivity index (χ2n) is 4.14. The van der Waals surface area contributed by atoms with Gasteiger partial charge in [-0.3, -0.25) is 4.90 Å². The minimum absolute atomic E-state index is 0.235. The summed E-state index contributed by atoms with van der Waals surface area (Å²) < 4.78 is 0. The second kappa shape index (κ2) is 4.68. The number of nitrogens with zero attached hydrogens (tertiary/aromatic N) is 3. The van der Waals surface area contributed by atoms with Gasteiger partial charge in [-0.25, -0.2) is 9.97 Å². The first kappa shape index (κ1) is 10.5. The summed E-state index contributed by atoms with van der Waals surface area (Å²) >= 11 is 0. The van der Waals surface area contributed by atoms with Gasteiger partial charge in [-0.15, -0.1) is 0 Å². The van der Waals surface area contributed by atoms with Crippen molar-refractivity contribution in [1.29, 1.82) is 0 Å². The predicted octanol–water partition coefficient (Wildman–Crippen LogP) is 0.961. The Bertz CT molecular complexity index is 297. The van der Waals surface area contributed by atoms with Gasteiger partial charge >= 0.3 is 0 Å². The largest absolute Gasteiger partial charge is 0.329 e. The van der Waals surface area contributed by atoms with E-state index in [1.165, 1.54) is 19.3 Å². The molecule has 2 rings (SSSR count). The fourth-order valence-corrected chi connectivity index (χ4v) is 2.04. The molecule has 1 heterocycles. The molecule has 15 heavy (non-hydrogen) atoms. The molecule has 1 aliphatic carbocycles. The van der Waals surface area contributed by atoms with E-state index in [9.17, 15) is 0 Å². The Hall–Kier alpha value is -1.00. The molecule has 0 saturated heterocycles. The molecule has 0 aromatic carbocycles. The number of hydrogen-bond donors (Lipinski definition) is 1. The topological polar surface area (TPSA) is 55.0 Å². The van der Waals surface area contributed by atoms with E-state index in [-0.39, 0.29) is 6.04 Å². The maximum atomic E-state index is 5.82. The Kier molecular flexibility index (Phi) is 3.28. The quantitative estimate of drug-likeness (QED) is 0.797. The lowest BCUT2D eigenvalue weighted by Gasteiger charge is -2.39. The van der Waals surface area contributed by atoms with Crippen molar-refractivity contribution in [2.24, 2.45) is 5.73 Å². The lowest BCUT2D eigenvalue weighted by atomic mass is 9.90. The molecule has 0 aliphatic heterocycles. The van der Waals surface area contributed by atoms with Crippen LogP contribution < -0.4 is 5.73 Å². The third kappa shape index (κ3) is 2.16. The fourth-order valence-electron chi connectivity index (χ4n) is 2.04. The molecule has 0 radical (unpaired) electrons. The van der Waals surface area contributed by atoms with E-state index < -0.39 is 0 Å². The maximum Gasteiger partial charge on any atom is 0.115 e. The highest BCUT2D eigenvalue weighted by molar-refractivity contribution is 5.06. The van der Waals surface area contributed by atoms with Crippen molar-refractivity contribution in [2.45, 2.75) is 31.3 Å². The van der Waals surface area contributed by atoms with E-state index in [1.54, 1.807) is 12.5 Å². The third-order valence-corrected chi connectivity index (χ3v) is 3.31. The van der Waals surface area contributed by atoms with Crippen LogP contribution in [0.25, 0.3) is 0 Å². The number of rotatable bonds is 4. The molecule has 0 spiro atoms. The molecule has 4 nitrogen and oxygen atoms in total. The molecule has 2 N–H and O–H groups in total. The molecule has 1 unspecified atom stereocenters. The van der Waals surface area contributed by atoms with E-state index in [0.717, 1.165) is 5.69 Å². The van der Waals surface area contributed by atoms with Gasteiger partial charge in [0.1, 0.15) is 6.33 Å². The summed E-state index contributed by atoms with van der Waals surface area (Å²) in [4.78, 5) is 10.6. The van der Waals surface area contributed by atoms with Crippen LogP contribution in [-0.4, -0.2) is 34.5 Å². The summed E-state index contributed by atoms with van der Waals surface area (Å²) in [6.07, 6.45) is 7.29. The third-order valence-electron chi connectivity index (χ3n) is 3.31.